The molecule has 1 amide bonds. The number of hydrogen-bond acceptors (Lipinski definition) is 6. The number of benzene rings is 2. The molecule has 188 valence electrons. The number of hydrogen-bond donors (Lipinski definition) is 2. The van der Waals surface area contributed by atoms with Crippen molar-refractivity contribution in [1.82, 2.24) is 29.4 Å². The fourth-order valence-corrected chi connectivity index (χ4v) is 4.02. The lowest BCUT2D eigenvalue weighted by molar-refractivity contribution is 0.0947. The van der Waals surface area contributed by atoms with Gasteiger partial charge in [0.2, 0.25) is 5.95 Å². The molecule has 37 heavy (non-hydrogen) atoms. The predicted molar refractivity (Wildman–Crippen MR) is 143 cm³/mol. The number of aromatic nitrogens is 5. The summed E-state index contributed by atoms with van der Waals surface area (Å²) >= 11 is 0. The summed E-state index contributed by atoms with van der Waals surface area (Å²) in [6.07, 6.45) is 8.77. The van der Waals surface area contributed by atoms with Gasteiger partial charge in [-0.15, -0.1) is 0 Å². The number of rotatable bonds is 10. The van der Waals surface area contributed by atoms with Crippen LogP contribution < -0.4 is 15.4 Å². The first-order chi connectivity index (χ1) is 18.1. The van der Waals surface area contributed by atoms with Gasteiger partial charge in [-0.3, -0.25) is 9.78 Å². The highest BCUT2D eigenvalue weighted by atomic mass is 16.5. The predicted octanol–water partition coefficient (Wildman–Crippen LogP) is 5.08. The number of fused-ring (bicyclic) bond motifs is 1. The summed E-state index contributed by atoms with van der Waals surface area (Å²) in [4.78, 5) is 25.5. The van der Waals surface area contributed by atoms with E-state index in [9.17, 15) is 4.79 Å². The molecule has 0 fully saturated rings. The maximum Gasteiger partial charge on any atom is 0.270 e. The topological polar surface area (TPSA) is 98.9 Å². The van der Waals surface area contributed by atoms with E-state index in [0.717, 1.165) is 42.1 Å². The number of anilines is 2. The number of nitrogens with zero attached hydrogens (tertiary/aromatic N) is 5. The molecular weight excluding hydrogens is 466 g/mol. The van der Waals surface area contributed by atoms with Crippen LogP contribution in [0, 0.1) is 0 Å². The van der Waals surface area contributed by atoms with Gasteiger partial charge < -0.3 is 24.5 Å². The van der Waals surface area contributed by atoms with E-state index in [0.29, 0.717) is 23.7 Å². The molecule has 0 aliphatic heterocycles. The van der Waals surface area contributed by atoms with Crippen molar-refractivity contribution in [2.45, 2.75) is 26.3 Å². The Labute approximate surface area is 215 Å². The van der Waals surface area contributed by atoms with Gasteiger partial charge in [0, 0.05) is 56.5 Å². The third-order valence-electron chi connectivity index (χ3n) is 6.11. The summed E-state index contributed by atoms with van der Waals surface area (Å²) in [6, 6.07) is 17.5. The maximum atomic E-state index is 12.5. The first-order valence-electron chi connectivity index (χ1n) is 12.3. The molecule has 0 aliphatic rings. The average Bonchev–Trinajstić information content (AvgIpc) is 3.55. The zero-order chi connectivity index (χ0) is 25.6. The maximum absolute atomic E-state index is 12.5. The summed E-state index contributed by atoms with van der Waals surface area (Å²) < 4.78 is 10.0. The Bertz CT molecular complexity index is 1490. The fourth-order valence-electron chi connectivity index (χ4n) is 4.02. The van der Waals surface area contributed by atoms with E-state index in [1.54, 1.807) is 30.9 Å². The molecule has 0 bridgehead atoms. The van der Waals surface area contributed by atoms with Crippen molar-refractivity contribution in [2.75, 3.05) is 11.9 Å². The molecule has 0 saturated heterocycles. The number of nitrogens with one attached hydrogen (secondary N) is 2. The molecule has 0 aliphatic carbocycles. The van der Waals surface area contributed by atoms with Crippen molar-refractivity contribution < 1.29 is 9.53 Å². The van der Waals surface area contributed by atoms with Crippen LogP contribution in [0.5, 0.6) is 11.5 Å². The molecule has 0 saturated carbocycles. The summed E-state index contributed by atoms with van der Waals surface area (Å²) in [6.45, 7) is 3.47. The second kappa shape index (κ2) is 10.9. The molecular formula is C28H29N7O2. The minimum Gasteiger partial charge on any atom is -0.457 e. The Hall–Kier alpha value is -4.66. The van der Waals surface area contributed by atoms with Crippen LogP contribution >= 0.6 is 0 Å². The van der Waals surface area contributed by atoms with Crippen LogP contribution in [0.2, 0.25) is 0 Å². The largest absolute Gasteiger partial charge is 0.457 e. The lowest BCUT2D eigenvalue weighted by Gasteiger charge is -2.08. The smallest absolute Gasteiger partial charge is 0.270 e. The molecule has 9 heteroatoms. The molecule has 0 radical (unpaired) electrons. The van der Waals surface area contributed by atoms with Crippen LogP contribution in [0.15, 0.2) is 79.5 Å². The fraction of sp³-hybridized carbons (Fsp3) is 0.214. The van der Waals surface area contributed by atoms with E-state index >= 15 is 0 Å². The standard InChI is InChI=1S/C28H29N7O2/c1-3-20-5-7-21(8-6-20)32-28-33-24-17-22(9-10-26(24)34(28)2)37-23-11-13-30-25(18-23)27(36)31-12-4-15-35-16-14-29-19-35/h5-11,13-14,16-19H,3-4,12,15H2,1-2H3,(H,31,36)(H,32,33). The number of carbonyl (C=O) groups is 1. The van der Waals surface area contributed by atoms with E-state index in [-0.39, 0.29) is 5.91 Å². The SMILES string of the molecule is CCc1ccc(Nc2nc3cc(Oc4ccnc(C(=O)NCCCn5ccnc5)c4)ccc3n2C)cc1. The number of amides is 1. The highest BCUT2D eigenvalue weighted by molar-refractivity contribution is 5.92. The van der Waals surface area contributed by atoms with E-state index in [4.69, 9.17) is 9.72 Å². The highest BCUT2D eigenvalue weighted by Crippen LogP contribution is 2.28. The quantitative estimate of drug-likeness (QED) is 0.262. The zero-order valence-electron chi connectivity index (χ0n) is 20.9. The lowest BCUT2D eigenvalue weighted by atomic mass is 10.1. The van der Waals surface area contributed by atoms with Crippen LogP contribution in [0.1, 0.15) is 29.4 Å². The van der Waals surface area contributed by atoms with Crippen molar-refractivity contribution in [2.24, 2.45) is 7.05 Å². The van der Waals surface area contributed by atoms with Crippen molar-refractivity contribution in [3.05, 3.63) is 90.8 Å². The van der Waals surface area contributed by atoms with Gasteiger partial charge in [0.1, 0.15) is 17.2 Å². The molecule has 5 aromatic rings. The molecule has 9 nitrogen and oxygen atoms in total. The third-order valence-corrected chi connectivity index (χ3v) is 6.11. The number of imidazole rings is 2. The van der Waals surface area contributed by atoms with E-state index in [2.05, 4.69) is 51.8 Å². The molecule has 2 N–H and O–H groups in total. The first-order valence-corrected chi connectivity index (χ1v) is 12.3. The van der Waals surface area contributed by atoms with Gasteiger partial charge in [0.05, 0.1) is 17.4 Å². The van der Waals surface area contributed by atoms with Crippen molar-refractivity contribution in [1.29, 1.82) is 0 Å². The Morgan fingerprint density at radius 1 is 1.03 bits per heavy atom. The molecule has 3 heterocycles. The number of pyridine rings is 1. The van der Waals surface area contributed by atoms with Crippen molar-refractivity contribution >= 4 is 28.6 Å². The summed E-state index contributed by atoms with van der Waals surface area (Å²) in [5, 5.41) is 6.29. The molecule has 3 aromatic heterocycles. The second-order valence-electron chi connectivity index (χ2n) is 8.71. The van der Waals surface area contributed by atoms with Gasteiger partial charge in [-0.25, -0.2) is 9.97 Å². The Balaban J connectivity index is 1.23. The normalized spacial score (nSPS) is 11.0. The summed E-state index contributed by atoms with van der Waals surface area (Å²) in [7, 11) is 1.97. The van der Waals surface area contributed by atoms with Crippen LogP contribution in [-0.2, 0) is 20.0 Å². The van der Waals surface area contributed by atoms with Gasteiger partial charge in [0.25, 0.3) is 5.91 Å². The van der Waals surface area contributed by atoms with E-state index < -0.39 is 0 Å². The third kappa shape index (κ3) is 5.78. The van der Waals surface area contributed by atoms with Gasteiger partial charge in [-0.1, -0.05) is 19.1 Å². The van der Waals surface area contributed by atoms with Crippen LogP contribution in [0.3, 0.4) is 0 Å². The second-order valence-corrected chi connectivity index (χ2v) is 8.71. The van der Waals surface area contributed by atoms with Crippen molar-refractivity contribution in [3.8, 4) is 11.5 Å². The summed E-state index contributed by atoms with van der Waals surface area (Å²) in [5.74, 6) is 1.66. The Morgan fingerprint density at radius 2 is 1.86 bits per heavy atom. The van der Waals surface area contributed by atoms with E-state index in [1.807, 2.05) is 40.6 Å². The average molecular weight is 496 g/mol. The van der Waals surface area contributed by atoms with Crippen LogP contribution in [0.4, 0.5) is 11.6 Å². The molecule has 2 aromatic carbocycles. The first kappa shape index (κ1) is 24.1. The van der Waals surface area contributed by atoms with Gasteiger partial charge >= 0.3 is 0 Å². The monoisotopic (exact) mass is 495 g/mol. The number of aryl methyl sites for hydroxylation is 3. The number of ether oxygens (including phenoxy) is 1. The molecule has 0 atom stereocenters. The Kier molecular flexibility index (Phi) is 7.12. The van der Waals surface area contributed by atoms with Gasteiger partial charge in [0.15, 0.2) is 0 Å². The van der Waals surface area contributed by atoms with Crippen LogP contribution in [-0.4, -0.2) is 36.5 Å². The van der Waals surface area contributed by atoms with Gasteiger partial charge in [-0.05, 0) is 48.7 Å². The molecule has 5 rings (SSSR count). The lowest BCUT2D eigenvalue weighted by Crippen LogP contribution is -2.26. The molecule has 0 unspecified atom stereocenters. The minimum absolute atomic E-state index is 0.237. The minimum atomic E-state index is -0.237. The van der Waals surface area contributed by atoms with E-state index in [1.165, 1.54) is 5.56 Å². The Morgan fingerprint density at radius 3 is 2.65 bits per heavy atom. The summed E-state index contributed by atoms with van der Waals surface area (Å²) in [5.41, 5.74) is 4.36. The number of carbonyl (C=O) groups excluding carboxylic acids is 1. The zero-order valence-corrected chi connectivity index (χ0v) is 20.9. The van der Waals surface area contributed by atoms with Gasteiger partial charge in [-0.2, -0.15) is 0 Å². The molecule has 0 spiro atoms. The highest BCUT2D eigenvalue weighted by Gasteiger charge is 2.12. The van der Waals surface area contributed by atoms with Crippen LogP contribution in [0.25, 0.3) is 11.0 Å². The van der Waals surface area contributed by atoms with Crippen molar-refractivity contribution in [3.63, 3.8) is 0 Å².